The third-order valence-corrected chi connectivity index (χ3v) is 5.48. The number of hydrogen-bond donors (Lipinski definition) is 0. The van der Waals surface area contributed by atoms with E-state index in [4.69, 9.17) is 9.72 Å². The summed E-state index contributed by atoms with van der Waals surface area (Å²) in [5.41, 5.74) is 1.02. The number of thioether (sulfide) groups is 1. The second-order valence-electron chi connectivity index (χ2n) is 7.12. The van der Waals surface area contributed by atoms with Crippen LogP contribution in [0.5, 0.6) is 0 Å². The summed E-state index contributed by atoms with van der Waals surface area (Å²) < 4.78 is 7.64. The zero-order chi connectivity index (χ0) is 18.1. The molecule has 1 saturated heterocycles. The van der Waals surface area contributed by atoms with Gasteiger partial charge in [-0.2, -0.15) is 0 Å². The predicted octanol–water partition coefficient (Wildman–Crippen LogP) is 2.87. The summed E-state index contributed by atoms with van der Waals surface area (Å²) >= 11 is 1.42. The van der Waals surface area contributed by atoms with Crippen LogP contribution in [0.2, 0.25) is 0 Å². The Balaban J connectivity index is 1.44. The molecule has 0 bridgehead atoms. The van der Waals surface area contributed by atoms with Crippen LogP contribution in [-0.4, -0.2) is 56.6 Å². The number of ether oxygens (including phenoxy) is 1. The molecule has 138 valence electrons. The number of carbonyl (C=O) groups is 1. The fourth-order valence-corrected chi connectivity index (χ4v) is 4.06. The number of morpholine rings is 1. The molecule has 2 aliphatic rings. The molecule has 1 aliphatic carbocycles. The molecule has 2 fully saturated rings. The maximum atomic E-state index is 12.6. The highest BCUT2D eigenvalue weighted by Crippen LogP contribution is 2.40. The molecule has 4 rings (SSSR count). The fraction of sp³-hybridized carbons (Fsp3) is 0.526. The quantitative estimate of drug-likeness (QED) is 0.756. The Morgan fingerprint density at radius 3 is 2.54 bits per heavy atom. The molecule has 0 unspecified atom stereocenters. The van der Waals surface area contributed by atoms with E-state index < -0.39 is 0 Å². The lowest BCUT2D eigenvalue weighted by Crippen LogP contribution is -2.48. The van der Waals surface area contributed by atoms with Crippen LogP contribution in [0.3, 0.4) is 0 Å². The van der Waals surface area contributed by atoms with E-state index in [1.165, 1.54) is 11.8 Å². The minimum absolute atomic E-state index is 0.0876. The second kappa shape index (κ2) is 7.40. The van der Waals surface area contributed by atoms with Crippen molar-refractivity contribution >= 4 is 17.7 Å². The van der Waals surface area contributed by atoms with Gasteiger partial charge in [0.2, 0.25) is 11.1 Å². The number of carbonyl (C=O) groups excluding carboxylic acids is 1. The number of amides is 1. The summed E-state index contributed by atoms with van der Waals surface area (Å²) in [6.07, 6.45) is 2.50. The maximum absolute atomic E-state index is 12.6. The van der Waals surface area contributed by atoms with Gasteiger partial charge < -0.3 is 9.64 Å². The molecular weight excluding hydrogens is 348 g/mol. The summed E-state index contributed by atoms with van der Waals surface area (Å²) in [5.74, 6) is 2.00. The number of para-hydroxylation sites is 1. The van der Waals surface area contributed by atoms with Crippen molar-refractivity contribution in [1.82, 2.24) is 19.7 Å². The average Bonchev–Trinajstić information content (AvgIpc) is 3.39. The zero-order valence-electron chi connectivity index (χ0n) is 15.2. The molecule has 0 spiro atoms. The maximum Gasteiger partial charge on any atom is 0.233 e. The lowest BCUT2D eigenvalue weighted by molar-refractivity contribution is -0.140. The summed E-state index contributed by atoms with van der Waals surface area (Å²) in [7, 11) is 0. The lowest BCUT2D eigenvalue weighted by atomic mass is 10.2. The van der Waals surface area contributed by atoms with Crippen LogP contribution in [-0.2, 0) is 9.53 Å². The Kier molecular flexibility index (Phi) is 5.00. The SMILES string of the molecule is C[C@@H]1CN(C(=O)CSc2nc(C3CC3)n(-c3ccccc3)n2)C[C@@H](C)O1. The first-order valence-corrected chi connectivity index (χ1v) is 10.2. The van der Waals surface area contributed by atoms with Gasteiger partial charge in [-0.25, -0.2) is 9.67 Å². The molecule has 2 heterocycles. The number of aromatic nitrogens is 3. The van der Waals surface area contributed by atoms with Crippen LogP contribution in [0.4, 0.5) is 0 Å². The summed E-state index contributed by atoms with van der Waals surface area (Å²) in [4.78, 5) is 19.2. The van der Waals surface area contributed by atoms with Crippen LogP contribution in [0.1, 0.15) is 38.4 Å². The van der Waals surface area contributed by atoms with Gasteiger partial charge in [0, 0.05) is 19.0 Å². The minimum Gasteiger partial charge on any atom is -0.372 e. The highest BCUT2D eigenvalue weighted by atomic mass is 32.2. The Morgan fingerprint density at radius 1 is 1.19 bits per heavy atom. The monoisotopic (exact) mass is 372 g/mol. The third kappa shape index (κ3) is 3.94. The molecule has 1 saturated carbocycles. The first-order chi connectivity index (χ1) is 12.6. The van der Waals surface area contributed by atoms with Gasteiger partial charge in [-0.3, -0.25) is 4.79 Å². The van der Waals surface area contributed by atoms with E-state index in [2.05, 4.69) is 5.10 Å². The lowest BCUT2D eigenvalue weighted by Gasteiger charge is -2.35. The molecule has 7 heteroatoms. The predicted molar refractivity (Wildman–Crippen MR) is 101 cm³/mol. The molecule has 1 aromatic carbocycles. The third-order valence-electron chi connectivity index (χ3n) is 4.65. The van der Waals surface area contributed by atoms with Crippen LogP contribution < -0.4 is 0 Å². The Hall–Kier alpha value is -1.86. The molecule has 26 heavy (non-hydrogen) atoms. The van der Waals surface area contributed by atoms with E-state index in [0.29, 0.717) is 29.9 Å². The van der Waals surface area contributed by atoms with Crippen LogP contribution in [0, 0.1) is 0 Å². The normalized spacial score (nSPS) is 23.2. The summed E-state index contributed by atoms with van der Waals surface area (Å²) in [5, 5.41) is 5.34. The van der Waals surface area contributed by atoms with Crippen molar-refractivity contribution < 1.29 is 9.53 Å². The van der Waals surface area contributed by atoms with E-state index >= 15 is 0 Å². The molecule has 1 amide bonds. The van der Waals surface area contributed by atoms with E-state index in [0.717, 1.165) is 24.4 Å². The minimum atomic E-state index is 0.0876. The van der Waals surface area contributed by atoms with E-state index in [1.54, 1.807) is 0 Å². The molecule has 2 aromatic rings. The number of benzene rings is 1. The topological polar surface area (TPSA) is 60.2 Å². The van der Waals surface area contributed by atoms with Gasteiger partial charge in [-0.05, 0) is 38.8 Å². The second-order valence-corrected chi connectivity index (χ2v) is 8.06. The van der Waals surface area contributed by atoms with Gasteiger partial charge in [-0.15, -0.1) is 5.10 Å². The van der Waals surface area contributed by atoms with Crippen molar-refractivity contribution in [2.75, 3.05) is 18.8 Å². The van der Waals surface area contributed by atoms with Crippen molar-refractivity contribution in [3.05, 3.63) is 36.2 Å². The number of hydrogen-bond acceptors (Lipinski definition) is 5. The molecular formula is C19H24N4O2S. The average molecular weight is 372 g/mol. The van der Waals surface area contributed by atoms with Crippen molar-refractivity contribution in [3.8, 4) is 5.69 Å². The van der Waals surface area contributed by atoms with Gasteiger partial charge in [0.15, 0.2) is 0 Å². The first kappa shape index (κ1) is 17.5. The molecule has 1 aliphatic heterocycles. The Labute approximate surface area is 157 Å². The van der Waals surface area contributed by atoms with Gasteiger partial charge in [0.05, 0.1) is 23.6 Å². The number of nitrogens with zero attached hydrogens (tertiary/aromatic N) is 4. The standard InChI is InChI=1S/C19H24N4O2S/c1-13-10-22(11-14(2)25-13)17(24)12-26-19-20-18(15-8-9-15)23(21-19)16-6-4-3-5-7-16/h3-7,13-15H,8-12H2,1-2H3/t13-,14-/m1/s1. The molecule has 2 atom stereocenters. The Morgan fingerprint density at radius 2 is 1.88 bits per heavy atom. The highest BCUT2D eigenvalue weighted by Gasteiger charge is 2.31. The van der Waals surface area contributed by atoms with Crippen LogP contribution in [0.15, 0.2) is 35.5 Å². The van der Waals surface area contributed by atoms with Crippen LogP contribution in [0.25, 0.3) is 5.69 Å². The largest absolute Gasteiger partial charge is 0.372 e. The van der Waals surface area contributed by atoms with Crippen molar-refractivity contribution in [1.29, 1.82) is 0 Å². The molecule has 0 N–H and O–H groups in total. The number of rotatable bonds is 5. The van der Waals surface area contributed by atoms with Crippen LogP contribution >= 0.6 is 11.8 Å². The smallest absolute Gasteiger partial charge is 0.233 e. The summed E-state index contributed by atoms with van der Waals surface area (Å²) in [6, 6.07) is 10.1. The van der Waals surface area contributed by atoms with Gasteiger partial charge in [0.25, 0.3) is 0 Å². The van der Waals surface area contributed by atoms with E-state index in [9.17, 15) is 4.79 Å². The van der Waals surface area contributed by atoms with Crippen molar-refractivity contribution in [3.63, 3.8) is 0 Å². The van der Waals surface area contributed by atoms with Crippen molar-refractivity contribution in [2.24, 2.45) is 0 Å². The molecule has 6 nitrogen and oxygen atoms in total. The van der Waals surface area contributed by atoms with E-state index in [-0.39, 0.29) is 18.1 Å². The van der Waals surface area contributed by atoms with Crippen molar-refractivity contribution in [2.45, 2.75) is 50.0 Å². The van der Waals surface area contributed by atoms with E-state index in [1.807, 2.05) is 53.8 Å². The fourth-order valence-electron chi connectivity index (χ4n) is 3.33. The first-order valence-electron chi connectivity index (χ1n) is 9.18. The van der Waals surface area contributed by atoms with Gasteiger partial charge in [0.1, 0.15) is 5.82 Å². The highest BCUT2D eigenvalue weighted by molar-refractivity contribution is 7.99. The molecule has 0 radical (unpaired) electrons. The Bertz CT molecular complexity index is 765. The summed E-state index contributed by atoms with van der Waals surface area (Å²) in [6.45, 7) is 5.33. The van der Waals surface area contributed by atoms with Gasteiger partial charge in [-0.1, -0.05) is 30.0 Å². The van der Waals surface area contributed by atoms with Gasteiger partial charge >= 0.3 is 0 Å². The zero-order valence-corrected chi connectivity index (χ0v) is 16.0. The molecule has 1 aromatic heterocycles.